The van der Waals surface area contributed by atoms with Gasteiger partial charge in [-0.15, -0.1) is 11.8 Å². The van der Waals surface area contributed by atoms with Gasteiger partial charge in [-0.05, 0) is 70.8 Å². The van der Waals surface area contributed by atoms with Gasteiger partial charge >= 0.3 is 7.82 Å². The predicted molar refractivity (Wildman–Crippen MR) is 210 cm³/mol. The Morgan fingerprint density at radius 1 is 0.887 bits per heavy atom. The van der Waals surface area contributed by atoms with Crippen molar-refractivity contribution in [1.29, 1.82) is 0 Å². The molecule has 53 heavy (non-hydrogen) atoms. The average Bonchev–Trinajstić information content (AvgIpc) is 3.32. The van der Waals surface area contributed by atoms with E-state index in [-0.39, 0.29) is 60.3 Å². The number of aliphatic hydroxyl groups excluding tert-OH is 1. The number of imide groups is 1. The van der Waals surface area contributed by atoms with E-state index in [0.717, 1.165) is 57.8 Å². The van der Waals surface area contributed by atoms with E-state index in [4.69, 9.17) is 9.05 Å². The topological polar surface area (TPSA) is 177 Å². The third-order valence-electron chi connectivity index (χ3n) is 8.59. The van der Waals surface area contributed by atoms with E-state index in [9.17, 15) is 38.5 Å². The van der Waals surface area contributed by atoms with Gasteiger partial charge in [0.05, 0.1) is 17.5 Å². The predicted octanol–water partition coefficient (Wildman–Crippen LogP) is 7.49. The van der Waals surface area contributed by atoms with Gasteiger partial charge in [0.15, 0.2) is 0 Å². The molecule has 1 aliphatic heterocycles. The summed E-state index contributed by atoms with van der Waals surface area (Å²) in [5.41, 5.74) is -0.851. The minimum atomic E-state index is -4.20. The Morgan fingerprint density at radius 2 is 1.45 bits per heavy atom. The number of hydrogen-bond acceptors (Lipinski definition) is 10. The fourth-order valence-corrected chi connectivity index (χ4v) is 7.96. The molecule has 1 aliphatic rings. The van der Waals surface area contributed by atoms with Gasteiger partial charge in [-0.1, -0.05) is 65.4 Å². The summed E-state index contributed by atoms with van der Waals surface area (Å²) in [6.07, 6.45) is 15.2. The standard InChI is InChI=1S/C39H69N2O10PS/c1-38(2,3)24-22-35(45)40-25-16-9-7-8-13-21-33(44)23-27-53-34-28-36(46)41(37(34)47)26-17-11-15-20-32(43)19-14-10-12-18-31(29-42)30-50-52(48,49)51-39(4,5)6/h22,24,31,34,42H,7-21,23,25-30H2,1-6H3,(H,40,45)(H,48,49)/b24-22+. The van der Waals surface area contributed by atoms with Gasteiger partial charge in [0.2, 0.25) is 17.7 Å². The van der Waals surface area contributed by atoms with Gasteiger partial charge in [-0.25, -0.2) is 4.57 Å². The Kier molecular flexibility index (Phi) is 24.1. The zero-order valence-corrected chi connectivity index (χ0v) is 35.0. The lowest BCUT2D eigenvalue weighted by molar-refractivity contribution is -0.138. The molecule has 306 valence electrons. The van der Waals surface area contributed by atoms with E-state index in [1.165, 1.54) is 16.7 Å². The van der Waals surface area contributed by atoms with Gasteiger partial charge in [0, 0.05) is 63.5 Å². The number of carbonyl (C=O) groups excluding carboxylic acids is 5. The lowest BCUT2D eigenvalue weighted by atomic mass is 9.96. The van der Waals surface area contributed by atoms with Crippen LogP contribution in [-0.2, 0) is 37.6 Å². The van der Waals surface area contributed by atoms with Crippen LogP contribution in [0, 0.1) is 11.3 Å². The number of phosphoric acid groups is 1. The van der Waals surface area contributed by atoms with Crippen LogP contribution in [0.4, 0.5) is 0 Å². The molecule has 1 rings (SSSR count). The highest BCUT2D eigenvalue weighted by Gasteiger charge is 2.38. The fraction of sp³-hybridized carbons (Fsp3) is 0.821. The van der Waals surface area contributed by atoms with Crippen LogP contribution in [0.15, 0.2) is 12.2 Å². The quantitative estimate of drug-likeness (QED) is 0.0285. The Bertz CT molecular complexity index is 1210. The summed E-state index contributed by atoms with van der Waals surface area (Å²) >= 11 is 1.39. The summed E-state index contributed by atoms with van der Waals surface area (Å²) in [6.45, 7) is 11.8. The molecule has 3 N–H and O–H groups in total. The van der Waals surface area contributed by atoms with Crippen LogP contribution in [0.3, 0.4) is 0 Å². The van der Waals surface area contributed by atoms with Crippen molar-refractivity contribution < 1.29 is 47.6 Å². The number of carbonyl (C=O) groups is 5. The first-order valence-corrected chi connectivity index (χ1v) is 22.1. The first kappa shape index (κ1) is 49.1. The normalized spacial score (nSPS) is 17.1. The van der Waals surface area contributed by atoms with E-state index >= 15 is 0 Å². The number of thioether (sulfide) groups is 1. The van der Waals surface area contributed by atoms with Crippen LogP contribution < -0.4 is 5.32 Å². The number of likely N-dealkylation sites (tertiary alicyclic amines) is 1. The number of unbranched alkanes of at least 4 members (excludes halogenated alkanes) is 8. The molecule has 0 spiro atoms. The lowest BCUT2D eigenvalue weighted by Gasteiger charge is -2.24. The third kappa shape index (κ3) is 25.8. The molecule has 3 unspecified atom stereocenters. The van der Waals surface area contributed by atoms with Crippen LogP contribution in [0.2, 0.25) is 0 Å². The molecule has 0 aliphatic carbocycles. The smallest absolute Gasteiger partial charge is 0.396 e. The summed E-state index contributed by atoms with van der Waals surface area (Å²) < 4.78 is 22.1. The number of phosphoric ester groups is 1. The van der Waals surface area contributed by atoms with Crippen LogP contribution >= 0.6 is 19.6 Å². The maximum Gasteiger partial charge on any atom is 0.472 e. The molecule has 0 aromatic carbocycles. The van der Waals surface area contributed by atoms with Crippen molar-refractivity contribution in [3.63, 3.8) is 0 Å². The van der Waals surface area contributed by atoms with E-state index in [1.54, 1.807) is 26.8 Å². The van der Waals surface area contributed by atoms with Crippen molar-refractivity contribution in [3.05, 3.63) is 12.2 Å². The largest absolute Gasteiger partial charge is 0.472 e. The van der Waals surface area contributed by atoms with Crippen molar-refractivity contribution in [1.82, 2.24) is 10.2 Å². The SMILES string of the molecule is CC(C)(C)/C=C/C(=O)NCCCCCCCC(=O)CCSC1CC(=O)N(CCCCCC(=O)CCCCCC(CO)COP(=O)(O)OC(C)(C)C)C1=O. The minimum Gasteiger partial charge on any atom is -0.396 e. The summed E-state index contributed by atoms with van der Waals surface area (Å²) in [6, 6.07) is 0. The number of amides is 3. The van der Waals surface area contributed by atoms with Crippen LogP contribution in [0.1, 0.15) is 151 Å². The summed E-state index contributed by atoms with van der Waals surface area (Å²) in [7, 11) is -4.20. The van der Waals surface area contributed by atoms with Gasteiger partial charge < -0.3 is 15.3 Å². The molecule has 0 radical (unpaired) electrons. The number of aliphatic hydroxyl groups is 1. The third-order valence-corrected chi connectivity index (χ3v) is 11.1. The summed E-state index contributed by atoms with van der Waals surface area (Å²) in [4.78, 5) is 72.9. The Labute approximate surface area is 323 Å². The molecule has 0 aromatic heterocycles. The number of allylic oxidation sites excluding steroid dienone is 1. The second kappa shape index (κ2) is 26.1. The van der Waals surface area contributed by atoms with Crippen LogP contribution in [0.25, 0.3) is 0 Å². The molecular weight excluding hydrogens is 719 g/mol. The average molecular weight is 789 g/mol. The van der Waals surface area contributed by atoms with Gasteiger partial charge in [0.1, 0.15) is 11.6 Å². The van der Waals surface area contributed by atoms with E-state index in [2.05, 4.69) is 5.32 Å². The number of nitrogens with one attached hydrogen (secondary N) is 1. The molecule has 0 aromatic rings. The van der Waals surface area contributed by atoms with E-state index in [0.29, 0.717) is 63.8 Å². The number of nitrogens with zero attached hydrogens (tertiary/aromatic N) is 1. The highest BCUT2D eigenvalue weighted by atomic mass is 32.2. The second-order valence-corrected chi connectivity index (χ2v) is 18.9. The maximum atomic E-state index is 12.8. The van der Waals surface area contributed by atoms with Crippen LogP contribution in [0.5, 0.6) is 0 Å². The lowest BCUT2D eigenvalue weighted by Crippen LogP contribution is -2.32. The highest BCUT2D eigenvalue weighted by Crippen LogP contribution is 2.47. The number of Topliss-reactive ketones (excluding diaryl/α,β-unsaturated/α-hetero) is 2. The Hall–Kier alpha value is -1.89. The monoisotopic (exact) mass is 788 g/mol. The fourth-order valence-electron chi connectivity index (χ4n) is 5.66. The number of rotatable bonds is 30. The maximum absolute atomic E-state index is 12.8. The Balaban J connectivity index is 2.09. The van der Waals surface area contributed by atoms with Crippen molar-refractivity contribution in [3.8, 4) is 0 Å². The molecule has 0 bridgehead atoms. The van der Waals surface area contributed by atoms with Gasteiger partial charge in [0.25, 0.3) is 0 Å². The molecule has 12 nitrogen and oxygen atoms in total. The van der Waals surface area contributed by atoms with Crippen molar-refractivity contribution in [2.45, 2.75) is 162 Å². The molecule has 3 amide bonds. The zero-order valence-electron chi connectivity index (χ0n) is 33.3. The minimum absolute atomic E-state index is 0.0191. The molecule has 14 heteroatoms. The van der Waals surface area contributed by atoms with Crippen molar-refractivity contribution >= 4 is 48.9 Å². The van der Waals surface area contributed by atoms with E-state index < -0.39 is 18.7 Å². The second-order valence-electron chi connectivity index (χ2n) is 16.2. The van der Waals surface area contributed by atoms with Gasteiger partial charge in [-0.3, -0.25) is 37.9 Å². The first-order chi connectivity index (χ1) is 24.8. The molecule has 0 saturated carbocycles. The number of hydrogen-bond donors (Lipinski definition) is 3. The molecule has 3 atom stereocenters. The Morgan fingerprint density at radius 3 is 2.06 bits per heavy atom. The summed E-state index contributed by atoms with van der Waals surface area (Å²) in [5.74, 6) is 0.175. The van der Waals surface area contributed by atoms with Gasteiger partial charge in [-0.2, -0.15) is 0 Å². The highest BCUT2D eigenvalue weighted by molar-refractivity contribution is 8.00. The van der Waals surface area contributed by atoms with E-state index in [1.807, 2.05) is 26.8 Å². The molecule has 1 heterocycles. The summed E-state index contributed by atoms with van der Waals surface area (Å²) in [5, 5.41) is 12.0. The number of ketones is 2. The first-order valence-electron chi connectivity index (χ1n) is 19.6. The van der Waals surface area contributed by atoms with Crippen molar-refractivity contribution in [2.75, 3.05) is 32.1 Å². The van der Waals surface area contributed by atoms with Crippen molar-refractivity contribution in [2.24, 2.45) is 11.3 Å². The molecular formula is C39H69N2O10PS. The van der Waals surface area contributed by atoms with Crippen LogP contribution in [-0.4, -0.2) is 87.1 Å². The zero-order chi connectivity index (χ0) is 39.9. The molecule has 1 fully saturated rings. The molecule has 1 saturated heterocycles.